The fraction of sp³-hybridized carbons (Fsp3) is 1.00. The Kier molecular flexibility index (Phi) is 3.68. The van der Waals surface area contributed by atoms with Crippen LogP contribution in [0.15, 0.2) is 0 Å². The maximum atomic E-state index is 5.82. The highest BCUT2D eigenvalue weighted by Gasteiger charge is 2.40. The van der Waals surface area contributed by atoms with Gasteiger partial charge < -0.3 is 0 Å². The van der Waals surface area contributed by atoms with Crippen LogP contribution in [0, 0.1) is 11.3 Å². The maximum Gasteiger partial charge on any atom is 0.0292 e. The van der Waals surface area contributed by atoms with Crippen LogP contribution in [0.3, 0.4) is 0 Å². The third kappa shape index (κ3) is 2.36. The minimum atomic E-state index is 0.483. The molecule has 0 aromatic heterocycles. The third-order valence-corrected chi connectivity index (χ3v) is 4.80. The van der Waals surface area contributed by atoms with Crippen LogP contribution < -0.4 is 11.3 Å². The van der Waals surface area contributed by atoms with E-state index in [1.807, 2.05) is 0 Å². The van der Waals surface area contributed by atoms with Crippen molar-refractivity contribution in [1.29, 1.82) is 0 Å². The Balaban J connectivity index is 2.01. The van der Waals surface area contributed by atoms with Gasteiger partial charge in [0, 0.05) is 6.04 Å². The Bertz CT molecular complexity index is 191. The molecule has 0 bridgehead atoms. The molecule has 2 rings (SSSR count). The molecule has 1 atom stereocenters. The van der Waals surface area contributed by atoms with Crippen LogP contribution in [0.4, 0.5) is 0 Å². The van der Waals surface area contributed by atoms with Gasteiger partial charge in [-0.25, -0.2) is 0 Å². The normalized spacial score (nSPS) is 29.2. The van der Waals surface area contributed by atoms with Crippen LogP contribution in [0.25, 0.3) is 0 Å². The van der Waals surface area contributed by atoms with E-state index in [2.05, 4.69) is 12.3 Å². The van der Waals surface area contributed by atoms with Gasteiger partial charge in [0.25, 0.3) is 0 Å². The summed E-state index contributed by atoms with van der Waals surface area (Å²) in [5.41, 5.74) is 3.64. The van der Waals surface area contributed by atoms with Crippen molar-refractivity contribution in [2.75, 3.05) is 0 Å². The number of rotatable bonds is 3. The molecule has 2 heteroatoms. The molecule has 0 radical (unpaired) electrons. The largest absolute Gasteiger partial charge is 0.271 e. The number of hydrogen-bond acceptors (Lipinski definition) is 2. The van der Waals surface area contributed by atoms with Crippen LogP contribution in [0.2, 0.25) is 0 Å². The lowest BCUT2D eigenvalue weighted by Gasteiger charge is -2.40. The highest BCUT2D eigenvalue weighted by molar-refractivity contribution is 4.94. The van der Waals surface area contributed by atoms with Gasteiger partial charge in [-0.1, -0.05) is 39.0 Å². The first-order chi connectivity index (χ1) is 7.26. The van der Waals surface area contributed by atoms with Crippen molar-refractivity contribution >= 4 is 0 Å². The second kappa shape index (κ2) is 4.84. The highest BCUT2D eigenvalue weighted by Crippen LogP contribution is 2.45. The Morgan fingerprint density at radius 2 is 1.67 bits per heavy atom. The molecule has 0 heterocycles. The maximum absolute atomic E-state index is 5.82. The summed E-state index contributed by atoms with van der Waals surface area (Å²) >= 11 is 0. The van der Waals surface area contributed by atoms with Gasteiger partial charge in [0.2, 0.25) is 0 Å². The monoisotopic (exact) mass is 210 g/mol. The average molecular weight is 210 g/mol. The first kappa shape index (κ1) is 11.4. The van der Waals surface area contributed by atoms with Crippen molar-refractivity contribution < 1.29 is 0 Å². The molecule has 88 valence electrons. The SMILES string of the molecule is CC1(C(NN)C2CCCCC2)CCCC1. The molecule has 0 aromatic rings. The van der Waals surface area contributed by atoms with E-state index < -0.39 is 0 Å². The highest BCUT2D eigenvalue weighted by atomic mass is 15.2. The molecular formula is C13H26N2. The summed E-state index contributed by atoms with van der Waals surface area (Å²) < 4.78 is 0. The van der Waals surface area contributed by atoms with Gasteiger partial charge in [0.15, 0.2) is 0 Å². The molecule has 2 fully saturated rings. The average Bonchev–Trinajstić information content (AvgIpc) is 2.68. The molecule has 2 saturated carbocycles. The fourth-order valence-corrected chi connectivity index (χ4v) is 3.87. The van der Waals surface area contributed by atoms with Gasteiger partial charge in [-0.05, 0) is 37.0 Å². The van der Waals surface area contributed by atoms with Gasteiger partial charge in [-0.2, -0.15) is 0 Å². The van der Waals surface area contributed by atoms with E-state index in [1.54, 1.807) is 0 Å². The van der Waals surface area contributed by atoms with E-state index in [4.69, 9.17) is 5.84 Å². The first-order valence-corrected chi connectivity index (χ1v) is 6.72. The van der Waals surface area contributed by atoms with E-state index in [0.717, 1.165) is 5.92 Å². The van der Waals surface area contributed by atoms with E-state index in [-0.39, 0.29) is 0 Å². The van der Waals surface area contributed by atoms with E-state index in [9.17, 15) is 0 Å². The quantitative estimate of drug-likeness (QED) is 0.555. The Morgan fingerprint density at radius 1 is 1.07 bits per heavy atom. The molecule has 2 aliphatic rings. The summed E-state index contributed by atoms with van der Waals surface area (Å²) in [7, 11) is 0. The molecule has 2 aliphatic carbocycles. The van der Waals surface area contributed by atoms with Crippen LogP contribution >= 0.6 is 0 Å². The molecule has 0 aliphatic heterocycles. The topological polar surface area (TPSA) is 38.0 Å². The minimum Gasteiger partial charge on any atom is -0.271 e. The van der Waals surface area contributed by atoms with Crippen LogP contribution in [-0.2, 0) is 0 Å². The molecule has 0 amide bonds. The summed E-state index contributed by atoms with van der Waals surface area (Å²) in [5.74, 6) is 6.66. The van der Waals surface area contributed by atoms with Crippen molar-refractivity contribution in [1.82, 2.24) is 5.43 Å². The molecule has 0 spiro atoms. The minimum absolute atomic E-state index is 0.483. The van der Waals surface area contributed by atoms with Crippen molar-refractivity contribution in [3.63, 3.8) is 0 Å². The van der Waals surface area contributed by atoms with Gasteiger partial charge in [-0.3, -0.25) is 11.3 Å². The molecular weight excluding hydrogens is 184 g/mol. The smallest absolute Gasteiger partial charge is 0.0292 e. The summed E-state index contributed by atoms with van der Waals surface area (Å²) in [6, 6.07) is 0.570. The Morgan fingerprint density at radius 3 is 2.20 bits per heavy atom. The van der Waals surface area contributed by atoms with Gasteiger partial charge in [0.1, 0.15) is 0 Å². The number of nitrogens with one attached hydrogen (secondary N) is 1. The number of hydrogen-bond donors (Lipinski definition) is 2. The second-order valence-electron chi connectivity index (χ2n) is 5.90. The van der Waals surface area contributed by atoms with Crippen LogP contribution in [-0.4, -0.2) is 6.04 Å². The van der Waals surface area contributed by atoms with Crippen LogP contribution in [0.1, 0.15) is 64.7 Å². The Labute approximate surface area is 94.0 Å². The molecule has 0 aromatic carbocycles. The lowest BCUT2D eigenvalue weighted by atomic mass is 9.70. The van der Waals surface area contributed by atoms with Crippen molar-refractivity contribution in [3.05, 3.63) is 0 Å². The predicted octanol–water partition coefficient (Wildman–Crippen LogP) is 2.98. The number of hydrazine groups is 1. The van der Waals surface area contributed by atoms with Gasteiger partial charge in [-0.15, -0.1) is 0 Å². The molecule has 3 N–H and O–H groups in total. The van der Waals surface area contributed by atoms with E-state index >= 15 is 0 Å². The van der Waals surface area contributed by atoms with Gasteiger partial charge >= 0.3 is 0 Å². The summed E-state index contributed by atoms with van der Waals surface area (Å²) in [5, 5.41) is 0. The third-order valence-electron chi connectivity index (χ3n) is 4.80. The summed E-state index contributed by atoms with van der Waals surface area (Å²) in [6.07, 6.45) is 12.6. The molecule has 2 nitrogen and oxygen atoms in total. The summed E-state index contributed by atoms with van der Waals surface area (Å²) in [6.45, 7) is 2.44. The number of nitrogens with two attached hydrogens (primary N) is 1. The van der Waals surface area contributed by atoms with Crippen LogP contribution in [0.5, 0.6) is 0 Å². The molecule has 1 unspecified atom stereocenters. The Hall–Kier alpha value is -0.0800. The lowest BCUT2D eigenvalue weighted by molar-refractivity contribution is 0.131. The van der Waals surface area contributed by atoms with E-state index in [0.29, 0.717) is 11.5 Å². The molecule has 0 saturated heterocycles. The van der Waals surface area contributed by atoms with Crippen molar-refractivity contribution in [3.8, 4) is 0 Å². The standard InChI is InChI=1S/C13H26N2/c1-13(9-5-6-10-13)12(15-14)11-7-3-2-4-8-11/h11-12,15H,2-10,14H2,1H3. The predicted molar refractivity (Wildman–Crippen MR) is 64.3 cm³/mol. The first-order valence-electron chi connectivity index (χ1n) is 6.72. The second-order valence-corrected chi connectivity index (χ2v) is 5.90. The fourth-order valence-electron chi connectivity index (χ4n) is 3.87. The zero-order chi connectivity index (χ0) is 10.7. The van der Waals surface area contributed by atoms with Gasteiger partial charge in [0.05, 0.1) is 0 Å². The van der Waals surface area contributed by atoms with E-state index in [1.165, 1.54) is 57.8 Å². The van der Waals surface area contributed by atoms with Crippen molar-refractivity contribution in [2.24, 2.45) is 17.2 Å². The van der Waals surface area contributed by atoms with Crippen molar-refractivity contribution in [2.45, 2.75) is 70.8 Å². The lowest BCUT2D eigenvalue weighted by Crippen LogP contribution is -2.51. The zero-order valence-electron chi connectivity index (χ0n) is 10.1. The zero-order valence-corrected chi connectivity index (χ0v) is 10.1. The summed E-state index contributed by atoms with van der Waals surface area (Å²) in [4.78, 5) is 0. The molecule has 15 heavy (non-hydrogen) atoms.